The summed E-state index contributed by atoms with van der Waals surface area (Å²) in [4.78, 5) is 18.8. The smallest absolute Gasteiger partial charge is 0.254 e. The van der Waals surface area contributed by atoms with Crippen molar-refractivity contribution in [3.8, 4) is 17.4 Å². The van der Waals surface area contributed by atoms with Gasteiger partial charge in [-0.3, -0.25) is 4.79 Å². The molecule has 1 amide bonds. The van der Waals surface area contributed by atoms with Crippen molar-refractivity contribution in [3.05, 3.63) is 47.7 Å². The zero-order chi connectivity index (χ0) is 16.5. The number of hydrogen-bond donors (Lipinski definition) is 0. The first-order chi connectivity index (χ1) is 11.7. The third kappa shape index (κ3) is 2.87. The van der Waals surface area contributed by atoms with E-state index in [1.807, 2.05) is 25.1 Å². The molecule has 124 valence electrons. The van der Waals surface area contributed by atoms with Crippen LogP contribution in [0.1, 0.15) is 22.5 Å². The van der Waals surface area contributed by atoms with Crippen LogP contribution in [0, 0.1) is 6.92 Å². The van der Waals surface area contributed by atoms with Crippen LogP contribution in [0.4, 0.5) is 0 Å². The Morgan fingerprint density at radius 2 is 2.12 bits per heavy atom. The summed E-state index contributed by atoms with van der Waals surface area (Å²) in [6.07, 6.45) is 0.767. The van der Waals surface area contributed by atoms with Gasteiger partial charge in [0.2, 0.25) is 12.7 Å². The highest BCUT2D eigenvalue weighted by molar-refractivity contribution is 5.95. The van der Waals surface area contributed by atoms with Crippen LogP contribution in [0.3, 0.4) is 0 Å². The summed E-state index contributed by atoms with van der Waals surface area (Å²) < 4.78 is 16.5. The summed E-state index contributed by atoms with van der Waals surface area (Å²) in [6, 6.07) is 11.0. The van der Waals surface area contributed by atoms with Crippen LogP contribution >= 0.6 is 0 Å². The van der Waals surface area contributed by atoms with Crippen LogP contribution in [0.15, 0.2) is 36.4 Å². The summed E-state index contributed by atoms with van der Waals surface area (Å²) >= 11 is 0. The molecule has 1 fully saturated rings. The molecule has 4 rings (SSSR count). The lowest BCUT2D eigenvalue weighted by molar-refractivity contribution is 0.0770. The van der Waals surface area contributed by atoms with Gasteiger partial charge >= 0.3 is 0 Å². The zero-order valence-corrected chi connectivity index (χ0v) is 13.4. The molecule has 0 aliphatic carbocycles. The largest absolute Gasteiger partial charge is 0.472 e. The fraction of sp³-hybridized carbons (Fsp3) is 0.333. The number of hydrogen-bond acceptors (Lipinski definition) is 5. The Morgan fingerprint density at radius 3 is 3.00 bits per heavy atom. The van der Waals surface area contributed by atoms with Gasteiger partial charge in [-0.15, -0.1) is 0 Å². The first-order valence-electron chi connectivity index (χ1n) is 7.98. The maximum absolute atomic E-state index is 12.7. The van der Waals surface area contributed by atoms with Gasteiger partial charge in [0, 0.05) is 30.3 Å². The lowest BCUT2D eigenvalue weighted by atomic mass is 10.2. The number of aryl methyl sites for hydroxylation is 1. The Morgan fingerprint density at radius 1 is 1.25 bits per heavy atom. The van der Waals surface area contributed by atoms with E-state index in [0.29, 0.717) is 36.0 Å². The summed E-state index contributed by atoms with van der Waals surface area (Å²) in [5, 5.41) is 0. The predicted octanol–water partition coefficient (Wildman–Crippen LogP) is 2.41. The van der Waals surface area contributed by atoms with Crippen molar-refractivity contribution in [1.29, 1.82) is 0 Å². The van der Waals surface area contributed by atoms with Gasteiger partial charge in [0.25, 0.3) is 5.91 Å². The van der Waals surface area contributed by atoms with Crippen LogP contribution in [0.2, 0.25) is 0 Å². The molecule has 6 nitrogen and oxygen atoms in total. The number of aromatic nitrogens is 1. The number of amides is 1. The van der Waals surface area contributed by atoms with E-state index in [1.165, 1.54) is 0 Å². The molecule has 1 saturated heterocycles. The Hall–Kier alpha value is -2.76. The predicted molar refractivity (Wildman–Crippen MR) is 86.5 cm³/mol. The van der Waals surface area contributed by atoms with E-state index in [9.17, 15) is 4.79 Å². The SMILES string of the molecule is Cc1cccc(OC2CCN(C(=O)c3ccc4c(c3)OCO4)C2)n1. The molecule has 1 atom stereocenters. The van der Waals surface area contributed by atoms with E-state index >= 15 is 0 Å². The minimum Gasteiger partial charge on any atom is -0.472 e. The molecule has 1 aromatic heterocycles. The van der Waals surface area contributed by atoms with Gasteiger partial charge in [0.05, 0.1) is 6.54 Å². The molecule has 0 radical (unpaired) electrons. The Labute approximate surface area is 140 Å². The topological polar surface area (TPSA) is 60.9 Å². The molecule has 0 saturated carbocycles. The average molecular weight is 326 g/mol. The van der Waals surface area contributed by atoms with Crippen LogP contribution in [-0.4, -0.2) is 41.8 Å². The van der Waals surface area contributed by atoms with Gasteiger partial charge in [-0.2, -0.15) is 0 Å². The van der Waals surface area contributed by atoms with Gasteiger partial charge in [-0.1, -0.05) is 6.07 Å². The second kappa shape index (κ2) is 6.03. The van der Waals surface area contributed by atoms with Crippen molar-refractivity contribution >= 4 is 5.91 Å². The van der Waals surface area contributed by atoms with E-state index in [4.69, 9.17) is 14.2 Å². The summed E-state index contributed by atoms with van der Waals surface area (Å²) in [5.41, 5.74) is 1.52. The number of ether oxygens (including phenoxy) is 3. The molecule has 0 spiro atoms. The Balaban J connectivity index is 1.42. The quantitative estimate of drug-likeness (QED) is 0.867. The number of fused-ring (bicyclic) bond motifs is 1. The molecule has 24 heavy (non-hydrogen) atoms. The van der Waals surface area contributed by atoms with E-state index in [-0.39, 0.29) is 18.8 Å². The van der Waals surface area contributed by atoms with Gasteiger partial charge in [0.15, 0.2) is 11.5 Å². The van der Waals surface area contributed by atoms with E-state index in [1.54, 1.807) is 23.1 Å². The molecule has 2 aliphatic rings. The van der Waals surface area contributed by atoms with Crippen molar-refractivity contribution in [1.82, 2.24) is 9.88 Å². The van der Waals surface area contributed by atoms with E-state index < -0.39 is 0 Å². The van der Waals surface area contributed by atoms with Gasteiger partial charge < -0.3 is 19.1 Å². The molecule has 1 aromatic carbocycles. The van der Waals surface area contributed by atoms with Crippen LogP contribution in [0.5, 0.6) is 17.4 Å². The highest BCUT2D eigenvalue weighted by Crippen LogP contribution is 2.33. The maximum atomic E-state index is 12.7. The summed E-state index contributed by atoms with van der Waals surface area (Å²) in [7, 11) is 0. The Kier molecular flexibility index (Phi) is 3.72. The third-order valence-electron chi connectivity index (χ3n) is 4.20. The monoisotopic (exact) mass is 326 g/mol. The summed E-state index contributed by atoms with van der Waals surface area (Å²) in [6.45, 7) is 3.36. The molecule has 3 heterocycles. The number of nitrogens with zero attached hydrogens (tertiary/aromatic N) is 2. The molecule has 6 heteroatoms. The second-order valence-corrected chi connectivity index (χ2v) is 5.96. The standard InChI is InChI=1S/C18H18N2O4/c1-12-3-2-4-17(19-12)24-14-7-8-20(10-14)18(21)13-5-6-15-16(9-13)23-11-22-15/h2-6,9,14H,7-8,10-11H2,1H3. The molecule has 0 N–H and O–H groups in total. The van der Waals surface area contributed by atoms with Crippen LogP contribution in [0.25, 0.3) is 0 Å². The number of pyridine rings is 1. The number of likely N-dealkylation sites (tertiary alicyclic amines) is 1. The number of rotatable bonds is 3. The first kappa shape index (κ1) is 14.8. The highest BCUT2D eigenvalue weighted by atomic mass is 16.7. The lowest BCUT2D eigenvalue weighted by Gasteiger charge is -2.17. The normalized spacial score (nSPS) is 18.7. The number of benzene rings is 1. The van der Waals surface area contributed by atoms with Gasteiger partial charge in [-0.25, -0.2) is 4.98 Å². The molecule has 1 unspecified atom stereocenters. The highest BCUT2D eigenvalue weighted by Gasteiger charge is 2.29. The zero-order valence-electron chi connectivity index (χ0n) is 13.4. The van der Waals surface area contributed by atoms with Crippen LogP contribution < -0.4 is 14.2 Å². The third-order valence-corrected chi connectivity index (χ3v) is 4.20. The average Bonchev–Trinajstić information content (AvgIpc) is 3.22. The second-order valence-electron chi connectivity index (χ2n) is 5.96. The van der Waals surface area contributed by atoms with Crippen molar-refractivity contribution in [2.24, 2.45) is 0 Å². The fourth-order valence-electron chi connectivity index (χ4n) is 2.98. The van der Waals surface area contributed by atoms with Crippen molar-refractivity contribution in [2.45, 2.75) is 19.4 Å². The minimum atomic E-state index is -0.0303. The summed E-state index contributed by atoms with van der Waals surface area (Å²) in [5.74, 6) is 1.89. The molecule has 0 bridgehead atoms. The molecule has 2 aliphatic heterocycles. The molecular formula is C18H18N2O4. The van der Waals surface area contributed by atoms with Gasteiger partial charge in [-0.05, 0) is 31.2 Å². The van der Waals surface area contributed by atoms with Crippen molar-refractivity contribution in [2.75, 3.05) is 19.9 Å². The first-order valence-corrected chi connectivity index (χ1v) is 7.98. The lowest BCUT2D eigenvalue weighted by Crippen LogP contribution is -2.31. The van der Waals surface area contributed by atoms with Gasteiger partial charge in [0.1, 0.15) is 6.10 Å². The Bertz CT molecular complexity index is 777. The molecule has 2 aromatic rings. The maximum Gasteiger partial charge on any atom is 0.254 e. The number of carbonyl (C=O) groups excluding carboxylic acids is 1. The van der Waals surface area contributed by atoms with Crippen molar-refractivity contribution in [3.63, 3.8) is 0 Å². The van der Waals surface area contributed by atoms with Crippen molar-refractivity contribution < 1.29 is 19.0 Å². The fourth-order valence-corrected chi connectivity index (χ4v) is 2.98. The van der Waals surface area contributed by atoms with Crippen LogP contribution in [-0.2, 0) is 0 Å². The number of carbonyl (C=O) groups is 1. The minimum absolute atomic E-state index is 0.0170. The van der Waals surface area contributed by atoms with E-state index in [0.717, 1.165) is 12.1 Å². The van der Waals surface area contributed by atoms with E-state index in [2.05, 4.69) is 4.98 Å². The molecular weight excluding hydrogens is 308 g/mol.